The van der Waals surface area contributed by atoms with Gasteiger partial charge in [0.25, 0.3) is 0 Å². The number of imidazole rings is 1. The number of carbonyl (C=O) groups excluding carboxylic acids is 1. The fourth-order valence-electron chi connectivity index (χ4n) is 4.94. The van der Waals surface area contributed by atoms with Crippen molar-refractivity contribution in [1.29, 1.82) is 0 Å². The average molecular weight is 580 g/mol. The summed E-state index contributed by atoms with van der Waals surface area (Å²) in [5, 5.41) is 5.32. The second kappa shape index (κ2) is 11.6. The molecular weight excluding hydrogens is 551 g/mol. The molecule has 0 spiro atoms. The fourth-order valence-corrected chi connectivity index (χ4v) is 6.07. The van der Waals surface area contributed by atoms with E-state index in [9.17, 15) is 14.3 Å². The van der Waals surface area contributed by atoms with Crippen molar-refractivity contribution < 1.29 is 33.0 Å². The van der Waals surface area contributed by atoms with Gasteiger partial charge < -0.3 is 33.5 Å². The van der Waals surface area contributed by atoms with Crippen molar-refractivity contribution >= 4 is 30.6 Å². The number of urea groups is 1. The Labute approximate surface area is 235 Å². The van der Waals surface area contributed by atoms with Crippen molar-refractivity contribution in [3.63, 3.8) is 0 Å². The van der Waals surface area contributed by atoms with E-state index in [1.807, 2.05) is 36.4 Å². The van der Waals surface area contributed by atoms with Crippen LogP contribution in [0.1, 0.15) is 30.6 Å². The maximum atomic E-state index is 12.8. The molecule has 0 bridgehead atoms. The Morgan fingerprint density at radius 2 is 1.76 bits per heavy atom. The summed E-state index contributed by atoms with van der Waals surface area (Å²) in [4.78, 5) is 37.8. The minimum atomic E-state index is -4.23. The van der Waals surface area contributed by atoms with Gasteiger partial charge in [-0.15, -0.1) is 0 Å². The summed E-state index contributed by atoms with van der Waals surface area (Å²) in [6, 6.07) is 17.8. The van der Waals surface area contributed by atoms with Crippen LogP contribution in [0.4, 0.5) is 10.6 Å². The molecule has 2 saturated heterocycles. The van der Waals surface area contributed by atoms with Crippen molar-refractivity contribution in [2.45, 2.75) is 43.9 Å². The van der Waals surface area contributed by atoms with Crippen LogP contribution in [-0.2, 0) is 29.5 Å². The molecule has 4 aromatic rings. The third kappa shape index (κ3) is 5.87. The Bertz CT molecular complexity index is 1560. The van der Waals surface area contributed by atoms with E-state index in [1.54, 1.807) is 35.8 Å². The molecule has 6 rings (SSSR count). The highest BCUT2D eigenvalue weighted by Gasteiger charge is 2.54. The predicted molar refractivity (Wildman–Crippen MR) is 145 cm³/mol. The van der Waals surface area contributed by atoms with Crippen LogP contribution in [0.15, 0.2) is 73.3 Å². The van der Waals surface area contributed by atoms with Gasteiger partial charge in [-0.3, -0.25) is 9.88 Å². The molecule has 2 amide bonds. The number of ether oxygens (including phenoxy) is 3. The molecule has 41 heavy (non-hydrogen) atoms. The normalized spacial score (nSPS) is 25.1. The smallest absolute Gasteiger partial charge is 0.320 e. The molecule has 2 fully saturated rings. The molecule has 6 atom stereocenters. The van der Waals surface area contributed by atoms with Gasteiger partial charge in [0.05, 0.1) is 12.9 Å². The number of rotatable bonds is 9. The molecule has 2 aliphatic heterocycles. The summed E-state index contributed by atoms with van der Waals surface area (Å²) in [5.41, 5.74) is 2.18. The van der Waals surface area contributed by atoms with Gasteiger partial charge in [-0.05, 0) is 12.5 Å². The number of carbonyl (C=O) groups is 1. The average Bonchev–Trinajstić information content (AvgIpc) is 3.67. The van der Waals surface area contributed by atoms with Crippen LogP contribution in [0.5, 0.6) is 0 Å². The van der Waals surface area contributed by atoms with Gasteiger partial charge in [-0.2, -0.15) is 0 Å². The Morgan fingerprint density at radius 1 is 1.02 bits per heavy atom. The standard InChI is InChI=1S/C27H29N6O7P/c1-2-28-27(34)32-23-20-24(30-15-29-23)33(16-31-20)25-22-21(39-26(40-22)18-11-7-4-8-12-18)19(38-25)13-37-41(35,36)14-17-9-5-3-6-10-17/h3-12,15-16,19,21-22,25-26H,2,13-14H2,1H3,(H,35,36)(H2,28,29,30,32,34)/p-1/t19-,21+,22+,25-,26+/m1/s1. The van der Waals surface area contributed by atoms with E-state index >= 15 is 0 Å². The summed E-state index contributed by atoms with van der Waals surface area (Å²) in [6.45, 7) is 1.98. The Kier molecular flexibility index (Phi) is 7.80. The topological polar surface area (TPSA) is 162 Å². The quantitative estimate of drug-likeness (QED) is 0.282. The lowest BCUT2D eigenvalue weighted by atomic mass is 10.1. The van der Waals surface area contributed by atoms with E-state index in [1.165, 1.54) is 12.7 Å². The first-order valence-corrected chi connectivity index (χ1v) is 14.9. The molecule has 0 radical (unpaired) electrons. The second-order valence-corrected chi connectivity index (χ2v) is 11.4. The molecule has 14 heteroatoms. The summed E-state index contributed by atoms with van der Waals surface area (Å²) >= 11 is 0. The molecule has 4 heterocycles. The molecule has 13 nitrogen and oxygen atoms in total. The first-order valence-electron chi connectivity index (χ1n) is 13.1. The van der Waals surface area contributed by atoms with Crippen LogP contribution >= 0.6 is 7.60 Å². The fraction of sp³-hybridized carbons (Fsp3) is 0.333. The van der Waals surface area contributed by atoms with Crippen LogP contribution in [0.3, 0.4) is 0 Å². The maximum Gasteiger partial charge on any atom is 0.320 e. The highest BCUT2D eigenvalue weighted by atomic mass is 31.2. The maximum absolute atomic E-state index is 12.8. The monoisotopic (exact) mass is 579 g/mol. The van der Waals surface area contributed by atoms with E-state index in [-0.39, 0.29) is 18.6 Å². The minimum Gasteiger partial charge on any atom is -0.778 e. The zero-order valence-corrected chi connectivity index (χ0v) is 22.9. The van der Waals surface area contributed by atoms with Crippen molar-refractivity contribution in [3.8, 4) is 0 Å². The van der Waals surface area contributed by atoms with E-state index in [4.69, 9.17) is 18.7 Å². The lowest BCUT2D eigenvalue weighted by Gasteiger charge is -2.26. The van der Waals surface area contributed by atoms with Gasteiger partial charge >= 0.3 is 6.03 Å². The minimum absolute atomic E-state index is 0.230. The van der Waals surface area contributed by atoms with E-state index in [0.717, 1.165) is 5.56 Å². The molecule has 1 unspecified atom stereocenters. The first kappa shape index (κ1) is 27.5. The number of hydrogen-bond donors (Lipinski definition) is 2. The van der Waals surface area contributed by atoms with Crippen molar-refractivity contribution in [2.75, 3.05) is 18.5 Å². The van der Waals surface area contributed by atoms with Gasteiger partial charge in [0.1, 0.15) is 32.2 Å². The van der Waals surface area contributed by atoms with Crippen LogP contribution in [0.25, 0.3) is 11.2 Å². The van der Waals surface area contributed by atoms with Crippen LogP contribution in [0.2, 0.25) is 0 Å². The summed E-state index contributed by atoms with van der Waals surface area (Å²) in [7, 11) is -4.23. The highest BCUT2D eigenvalue weighted by molar-refractivity contribution is 7.50. The summed E-state index contributed by atoms with van der Waals surface area (Å²) in [6.07, 6.45) is -0.945. The Balaban J connectivity index is 1.26. The van der Waals surface area contributed by atoms with Crippen molar-refractivity contribution in [2.24, 2.45) is 0 Å². The Morgan fingerprint density at radius 3 is 2.51 bits per heavy atom. The molecular formula is C27H28N6O7P-. The second-order valence-electron chi connectivity index (χ2n) is 9.59. The SMILES string of the molecule is CCNC(=O)Nc1ncnc2c1ncn2[C@@H]1O[C@H](COP(=O)([O-])Cc2ccccc2)[C@@H]2O[C@H](c3ccccc3)O[C@@H]21. The Hall–Kier alpha value is -3.71. The van der Waals surface area contributed by atoms with Gasteiger partial charge in [-0.1, -0.05) is 60.7 Å². The number of fused-ring (bicyclic) bond motifs is 2. The predicted octanol–water partition coefficient (Wildman–Crippen LogP) is 3.12. The third-order valence-electron chi connectivity index (χ3n) is 6.78. The zero-order chi connectivity index (χ0) is 28.4. The van der Waals surface area contributed by atoms with E-state index in [0.29, 0.717) is 23.3 Å². The molecule has 2 aromatic heterocycles. The van der Waals surface area contributed by atoms with Gasteiger partial charge in [-0.25, -0.2) is 19.7 Å². The van der Waals surface area contributed by atoms with E-state index < -0.39 is 44.5 Å². The number of benzene rings is 2. The number of nitrogens with one attached hydrogen (secondary N) is 2. The molecule has 2 N–H and O–H groups in total. The van der Waals surface area contributed by atoms with Gasteiger partial charge in [0.2, 0.25) is 0 Å². The van der Waals surface area contributed by atoms with Crippen LogP contribution < -0.4 is 15.5 Å². The summed E-state index contributed by atoms with van der Waals surface area (Å²) < 4.78 is 38.8. The van der Waals surface area contributed by atoms with Crippen LogP contribution in [0, 0.1) is 0 Å². The molecule has 0 saturated carbocycles. The third-order valence-corrected chi connectivity index (χ3v) is 8.07. The number of hydrogen-bond acceptors (Lipinski definition) is 10. The molecule has 2 aliphatic rings. The summed E-state index contributed by atoms with van der Waals surface area (Å²) in [5.74, 6) is 0.230. The first-order chi connectivity index (χ1) is 19.9. The lowest BCUT2D eigenvalue weighted by molar-refractivity contribution is -0.204. The molecule has 2 aromatic carbocycles. The van der Waals surface area contributed by atoms with Crippen LogP contribution in [-0.4, -0.2) is 57.0 Å². The van der Waals surface area contributed by atoms with Gasteiger partial charge in [0.15, 0.2) is 29.5 Å². The lowest BCUT2D eigenvalue weighted by Crippen LogP contribution is -2.32. The largest absolute Gasteiger partial charge is 0.778 e. The highest BCUT2D eigenvalue weighted by Crippen LogP contribution is 2.47. The van der Waals surface area contributed by atoms with E-state index in [2.05, 4.69) is 25.6 Å². The number of anilines is 1. The van der Waals surface area contributed by atoms with Crippen molar-refractivity contribution in [3.05, 3.63) is 84.4 Å². The number of nitrogens with zero attached hydrogens (tertiary/aromatic N) is 4. The van der Waals surface area contributed by atoms with Gasteiger partial charge in [0, 0.05) is 18.3 Å². The molecule has 0 aliphatic carbocycles. The molecule has 214 valence electrons. The number of aromatic nitrogens is 4. The zero-order valence-electron chi connectivity index (χ0n) is 22.0. The van der Waals surface area contributed by atoms with Crippen molar-refractivity contribution in [1.82, 2.24) is 24.8 Å². The number of amides is 2.